The normalized spacial score (nSPS) is 10.5. The van der Waals surface area contributed by atoms with Crippen molar-refractivity contribution in [1.82, 2.24) is 15.1 Å². The van der Waals surface area contributed by atoms with E-state index < -0.39 is 0 Å². The predicted octanol–water partition coefficient (Wildman–Crippen LogP) is 2.28. The number of benzene rings is 1. The van der Waals surface area contributed by atoms with Gasteiger partial charge >= 0.3 is 0 Å². The molecule has 4 heteroatoms. The topological polar surface area (TPSA) is 46.9 Å². The van der Waals surface area contributed by atoms with Crippen molar-refractivity contribution in [3.05, 3.63) is 52.3 Å². The molecule has 19 heavy (non-hydrogen) atoms. The quantitative estimate of drug-likeness (QED) is 0.917. The Morgan fingerprint density at radius 2 is 1.95 bits per heavy atom. The Morgan fingerprint density at radius 3 is 2.53 bits per heavy atom. The Kier molecular flexibility index (Phi) is 3.69. The second-order valence-electron chi connectivity index (χ2n) is 4.88. The number of hydrogen-bond donors (Lipinski definition) is 1. The Labute approximate surface area is 113 Å². The standard InChI is InChI=1S/C15H19N3O/c1-10-5-6-13(7-11(10)2)15(19)16-9-14-8-12(3)18(4)17-14/h5-8H,9H2,1-4H3,(H,16,19). The Balaban J connectivity index is 2.03. The third-order valence-electron chi connectivity index (χ3n) is 3.36. The fourth-order valence-electron chi connectivity index (χ4n) is 1.88. The van der Waals surface area contributed by atoms with E-state index >= 15 is 0 Å². The zero-order valence-electron chi connectivity index (χ0n) is 11.8. The summed E-state index contributed by atoms with van der Waals surface area (Å²) in [5, 5.41) is 7.20. The highest BCUT2D eigenvalue weighted by atomic mass is 16.1. The predicted molar refractivity (Wildman–Crippen MR) is 75.0 cm³/mol. The van der Waals surface area contributed by atoms with Crippen LogP contribution in [0.25, 0.3) is 0 Å². The van der Waals surface area contributed by atoms with Crippen LogP contribution in [-0.2, 0) is 13.6 Å². The summed E-state index contributed by atoms with van der Waals surface area (Å²) in [5.41, 5.74) is 4.96. The van der Waals surface area contributed by atoms with Crippen molar-refractivity contribution >= 4 is 5.91 Å². The highest BCUT2D eigenvalue weighted by molar-refractivity contribution is 5.94. The van der Waals surface area contributed by atoms with Gasteiger partial charge in [0.15, 0.2) is 0 Å². The second-order valence-corrected chi connectivity index (χ2v) is 4.88. The van der Waals surface area contributed by atoms with Crippen LogP contribution in [0.2, 0.25) is 0 Å². The van der Waals surface area contributed by atoms with Crippen molar-refractivity contribution in [3.63, 3.8) is 0 Å². The van der Waals surface area contributed by atoms with Crippen molar-refractivity contribution in [2.75, 3.05) is 0 Å². The van der Waals surface area contributed by atoms with Crippen LogP contribution in [-0.4, -0.2) is 15.7 Å². The summed E-state index contributed by atoms with van der Waals surface area (Å²) in [6.45, 7) is 6.48. The molecule has 0 aliphatic rings. The molecule has 1 heterocycles. The zero-order valence-corrected chi connectivity index (χ0v) is 11.8. The summed E-state index contributed by atoms with van der Waals surface area (Å²) in [6, 6.07) is 7.70. The Hall–Kier alpha value is -2.10. The highest BCUT2D eigenvalue weighted by Gasteiger charge is 2.08. The number of carbonyl (C=O) groups excluding carboxylic acids is 1. The number of hydrogen-bond acceptors (Lipinski definition) is 2. The van der Waals surface area contributed by atoms with Gasteiger partial charge in [0.05, 0.1) is 12.2 Å². The fraction of sp³-hybridized carbons (Fsp3) is 0.333. The molecule has 0 fully saturated rings. The molecule has 2 aromatic rings. The van der Waals surface area contributed by atoms with E-state index in [1.54, 1.807) is 4.68 Å². The van der Waals surface area contributed by atoms with Gasteiger partial charge in [0.2, 0.25) is 0 Å². The summed E-state index contributed by atoms with van der Waals surface area (Å²) >= 11 is 0. The van der Waals surface area contributed by atoms with Crippen LogP contribution in [0.4, 0.5) is 0 Å². The van der Waals surface area contributed by atoms with E-state index in [9.17, 15) is 4.79 Å². The third-order valence-corrected chi connectivity index (χ3v) is 3.36. The van der Waals surface area contributed by atoms with Gasteiger partial charge in [-0.05, 0) is 50.1 Å². The average Bonchev–Trinajstić information content (AvgIpc) is 2.69. The molecule has 0 aliphatic carbocycles. The first kappa shape index (κ1) is 13.3. The summed E-state index contributed by atoms with van der Waals surface area (Å²) in [5.74, 6) is -0.0635. The monoisotopic (exact) mass is 257 g/mol. The molecule has 0 bridgehead atoms. The lowest BCUT2D eigenvalue weighted by atomic mass is 10.1. The maximum absolute atomic E-state index is 12.0. The van der Waals surface area contributed by atoms with Crippen LogP contribution in [0.15, 0.2) is 24.3 Å². The summed E-state index contributed by atoms with van der Waals surface area (Å²) in [6.07, 6.45) is 0. The van der Waals surface area contributed by atoms with Gasteiger partial charge in [0.1, 0.15) is 0 Å². The molecule has 0 unspecified atom stereocenters. The maximum Gasteiger partial charge on any atom is 0.251 e. The van der Waals surface area contributed by atoms with Crippen LogP contribution in [0.5, 0.6) is 0 Å². The average molecular weight is 257 g/mol. The molecule has 100 valence electrons. The van der Waals surface area contributed by atoms with E-state index in [0.29, 0.717) is 12.1 Å². The lowest BCUT2D eigenvalue weighted by Crippen LogP contribution is -2.23. The van der Waals surface area contributed by atoms with Crippen molar-refractivity contribution in [1.29, 1.82) is 0 Å². The van der Waals surface area contributed by atoms with E-state index in [1.165, 1.54) is 5.56 Å². The summed E-state index contributed by atoms with van der Waals surface area (Å²) in [7, 11) is 1.89. The molecule has 1 N–H and O–H groups in total. The molecule has 4 nitrogen and oxygen atoms in total. The van der Waals surface area contributed by atoms with Crippen molar-refractivity contribution < 1.29 is 4.79 Å². The largest absolute Gasteiger partial charge is 0.346 e. The smallest absolute Gasteiger partial charge is 0.251 e. The molecule has 2 rings (SSSR count). The minimum atomic E-state index is -0.0635. The third kappa shape index (κ3) is 3.02. The van der Waals surface area contributed by atoms with Gasteiger partial charge in [0, 0.05) is 18.3 Å². The molecule has 0 atom stereocenters. The zero-order chi connectivity index (χ0) is 14.0. The lowest BCUT2D eigenvalue weighted by Gasteiger charge is -2.06. The lowest BCUT2D eigenvalue weighted by molar-refractivity contribution is 0.0950. The van der Waals surface area contributed by atoms with Crippen LogP contribution >= 0.6 is 0 Å². The maximum atomic E-state index is 12.0. The Morgan fingerprint density at radius 1 is 1.21 bits per heavy atom. The van der Waals surface area contributed by atoms with Crippen LogP contribution in [0, 0.1) is 20.8 Å². The number of nitrogens with zero attached hydrogens (tertiary/aromatic N) is 2. The fourth-order valence-corrected chi connectivity index (χ4v) is 1.88. The van der Waals surface area contributed by atoms with Crippen molar-refractivity contribution in [2.24, 2.45) is 7.05 Å². The van der Waals surface area contributed by atoms with Gasteiger partial charge in [-0.25, -0.2) is 0 Å². The summed E-state index contributed by atoms with van der Waals surface area (Å²) < 4.78 is 1.80. The molecule has 0 aliphatic heterocycles. The molecule has 0 saturated carbocycles. The van der Waals surface area contributed by atoms with Crippen LogP contribution in [0.1, 0.15) is 32.9 Å². The number of nitrogens with one attached hydrogen (secondary N) is 1. The van der Waals surface area contributed by atoms with E-state index in [-0.39, 0.29) is 5.91 Å². The minimum Gasteiger partial charge on any atom is -0.346 e. The van der Waals surface area contributed by atoms with E-state index in [1.807, 2.05) is 52.1 Å². The first-order chi connectivity index (χ1) is 8.97. The van der Waals surface area contributed by atoms with E-state index in [4.69, 9.17) is 0 Å². The molecule has 1 aromatic carbocycles. The number of carbonyl (C=O) groups is 1. The van der Waals surface area contributed by atoms with Gasteiger partial charge < -0.3 is 5.32 Å². The number of aryl methyl sites for hydroxylation is 4. The van der Waals surface area contributed by atoms with Crippen LogP contribution < -0.4 is 5.32 Å². The second kappa shape index (κ2) is 5.26. The number of amides is 1. The minimum absolute atomic E-state index is 0.0635. The SMILES string of the molecule is Cc1ccc(C(=O)NCc2cc(C)n(C)n2)cc1C. The molecular weight excluding hydrogens is 238 g/mol. The first-order valence-electron chi connectivity index (χ1n) is 6.32. The van der Waals surface area contributed by atoms with E-state index in [0.717, 1.165) is 17.0 Å². The molecule has 0 spiro atoms. The van der Waals surface area contributed by atoms with Gasteiger partial charge in [0.25, 0.3) is 5.91 Å². The highest BCUT2D eigenvalue weighted by Crippen LogP contribution is 2.10. The van der Waals surface area contributed by atoms with Crippen molar-refractivity contribution in [2.45, 2.75) is 27.3 Å². The number of aromatic nitrogens is 2. The molecule has 1 aromatic heterocycles. The van der Waals surface area contributed by atoms with Crippen LogP contribution in [0.3, 0.4) is 0 Å². The first-order valence-corrected chi connectivity index (χ1v) is 6.32. The molecular formula is C15H19N3O. The molecule has 0 radical (unpaired) electrons. The number of rotatable bonds is 3. The summed E-state index contributed by atoms with van der Waals surface area (Å²) in [4.78, 5) is 12.0. The Bertz CT molecular complexity index is 594. The van der Waals surface area contributed by atoms with E-state index in [2.05, 4.69) is 10.4 Å². The van der Waals surface area contributed by atoms with Gasteiger partial charge in [-0.1, -0.05) is 6.07 Å². The molecule has 1 amide bonds. The van der Waals surface area contributed by atoms with Gasteiger partial charge in [-0.2, -0.15) is 5.10 Å². The van der Waals surface area contributed by atoms with Gasteiger partial charge in [-0.3, -0.25) is 9.48 Å². The molecule has 0 saturated heterocycles. The van der Waals surface area contributed by atoms with Crippen molar-refractivity contribution in [3.8, 4) is 0 Å². The van der Waals surface area contributed by atoms with Gasteiger partial charge in [-0.15, -0.1) is 0 Å².